The van der Waals surface area contributed by atoms with Crippen LogP contribution in [0, 0.1) is 0 Å². The SMILES string of the molecule is COC(=O)c1cc2cc3c(c(O)c2c(=O)o1)OC1(Cc2c(O)c4c(c(O)c2O1)C(=O)C(OC)=CC4=O)CC3OC(=O)CCC(=O)O. The van der Waals surface area contributed by atoms with Crippen LogP contribution in [0.2, 0.25) is 0 Å². The Hall–Kier alpha value is -6.06. The molecule has 1 spiro atoms. The number of carbonyl (C=O) groups is 5. The molecule has 0 radical (unpaired) electrons. The second kappa shape index (κ2) is 10.5. The molecule has 3 aromatic rings. The Balaban J connectivity index is 1.49. The van der Waals surface area contributed by atoms with Gasteiger partial charge in [-0.15, -0.1) is 0 Å². The molecule has 2 atom stereocenters. The van der Waals surface area contributed by atoms with Crippen molar-refractivity contribution in [1.82, 2.24) is 0 Å². The molecule has 2 unspecified atom stereocenters. The molecule has 3 heterocycles. The first-order valence-corrected chi connectivity index (χ1v) is 13.5. The molecule has 1 aromatic heterocycles. The predicted molar refractivity (Wildman–Crippen MR) is 147 cm³/mol. The molecule has 238 valence electrons. The van der Waals surface area contributed by atoms with E-state index >= 15 is 0 Å². The number of methoxy groups -OCH3 is 2. The van der Waals surface area contributed by atoms with Gasteiger partial charge in [-0.25, -0.2) is 9.59 Å². The average Bonchev–Trinajstić information content (AvgIpc) is 3.38. The summed E-state index contributed by atoms with van der Waals surface area (Å²) < 4.78 is 32.1. The van der Waals surface area contributed by atoms with Crippen molar-refractivity contribution in [2.75, 3.05) is 14.2 Å². The number of Topliss-reactive ketones (excluding diaryl/α,β-unsaturated/α-hetero) is 1. The summed E-state index contributed by atoms with van der Waals surface area (Å²) >= 11 is 0. The van der Waals surface area contributed by atoms with Crippen molar-refractivity contribution in [3.05, 3.63) is 62.4 Å². The standard InChI is InChI=1S/C30H22O16/c1-41-14-7-13(31)20-21(23(14)36)25(38)27-12(22(20)35)8-30(46-27)9-16(43-18(34)4-3-17(32)33)11-5-10-6-15(28(39)42-2)44-29(40)19(10)24(37)26(11)45-30/h5-7,16,35,37-38H,3-4,8-9H2,1-2H3,(H,32,33). The van der Waals surface area contributed by atoms with Crippen molar-refractivity contribution in [3.63, 3.8) is 0 Å². The summed E-state index contributed by atoms with van der Waals surface area (Å²) in [5.41, 5.74) is -2.43. The van der Waals surface area contributed by atoms with Crippen LogP contribution in [0.3, 0.4) is 0 Å². The maximum Gasteiger partial charge on any atom is 0.374 e. The molecule has 0 saturated carbocycles. The topological polar surface area (TPSA) is 243 Å². The lowest BCUT2D eigenvalue weighted by Gasteiger charge is -2.38. The van der Waals surface area contributed by atoms with Crippen molar-refractivity contribution in [2.24, 2.45) is 0 Å². The molecule has 2 aromatic carbocycles. The van der Waals surface area contributed by atoms with Crippen LogP contribution in [0.1, 0.15) is 67.8 Å². The summed E-state index contributed by atoms with van der Waals surface area (Å²) in [6.07, 6.45) is -2.47. The highest BCUT2D eigenvalue weighted by atomic mass is 16.7. The van der Waals surface area contributed by atoms with Crippen LogP contribution in [-0.2, 0) is 30.2 Å². The summed E-state index contributed by atoms with van der Waals surface area (Å²) in [4.78, 5) is 74.5. The molecule has 46 heavy (non-hydrogen) atoms. The lowest BCUT2D eigenvalue weighted by Crippen LogP contribution is -2.46. The zero-order valence-electron chi connectivity index (χ0n) is 23.8. The van der Waals surface area contributed by atoms with E-state index in [2.05, 4.69) is 4.74 Å². The van der Waals surface area contributed by atoms with Crippen molar-refractivity contribution in [3.8, 4) is 28.7 Å². The minimum Gasteiger partial charge on any atom is -0.507 e. The molecule has 0 bridgehead atoms. The Morgan fingerprint density at radius 1 is 0.957 bits per heavy atom. The number of ether oxygens (including phenoxy) is 5. The Morgan fingerprint density at radius 3 is 2.35 bits per heavy atom. The first kappa shape index (κ1) is 30.0. The number of esters is 2. The summed E-state index contributed by atoms with van der Waals surface area (Å²) in [5.74, 6) is -11.1. The van der Waals surface area contributed by atoms with E-state index in [9.17, 15) is 44.1 Å². The number of phenolic OH excluding ortho intramolecular Hbond substituents is 3. The molecule has 16 heteroatoms. The van der Waals surface area contributed by atoms with Gasteiger partial charge in [-0.2, -0.15) is 0 Å². The molecule has 4 N–H and O–H groups in total. The lowest BCUT2D eigenvalue weighted by molar-refractivity contribution is -0.170. The van der Waals surface area contributed by atoms with Crippen LogP contribution in [-0.4, -0.2) is 69.9 Å². The third-order valence-electron chi connectivity index (χ3n) is 7.75. The summed E-state index contributed by atoms with van der Waals surface area (Å²) in [5, 5.41) is 42.1. The van der Waals surface area contributed by atoms with E-state index in [0.717, 1.165) is 26.4 Å². The molecule has 6 rings (SSSR count). The third-order valence-corrected chi connectivity index (χ3v) is 7.75. The van der Waals surface area contributed by atoms with Crippen LogP contribution >= 0.6 is 0 Å². The minimum absolute atomic E-state index is 0.0210. The Labute approximate surface area is 255 Å². The van der Waals surface area contributed by atoms with Crippen LogP contribution in [0.25, 0.3) is 10.8 Å². The molecule has 1 aliphatic carbocycles. The quantitative estimate of drug-likeness (QED) is 0.223. The first-order chi connectivity index (χ1) is 21.8. The summed E-state index contributed by atoms with van der Waals surface area (Å²) in [6.45, 7) is 0. The Morgan fingerprint density at radius 2 is 1.67 bits per heavy atom. The number of carboxylic acid groups (broad SMARTS) is 1. The van der Waals surface area contributed by atoms with E-state index in [0.29, 0.717) is 0 Å². The van der Waals surface area contributed by atoms with Gasteiger partial charge in [0.1, 0.15) is 17.2 Å². The van der Waals surface area contributed by atoms with E-state index in [1.807, 2.05) is 0 Å². The van der Waals surface area contributed by atoms with Crippen molar-refractivity contribution in [1.29, 1.82) is 0 Å². The Kier molecular flexibility index (Phi) is 6.87. The monoisotopic (exact) mass is 638 g/mol. The van der Waals surface area contributed by atoms with Gasteiger partial charge in [-0.3, -0.25) is 19.2 Å². The summed E-state index contributed by atoms with van der Waals surface area (Å²) in [6, 6.07) is 2.38. The van der Waals surface area contributed by atoms with Gasteiger partial charge in [0.05, 0.1) is 51.0 Å². The van der Waals surface area contributed by atoms with Gasteiger partial charge < -0.3 is 48.5 Å². The van der Waals surface area contributed by atoms with E-state index in [1.165, 1.54) is 6.07 Å². The van der Waals surface area contributed by atoms with Crippen LogP contribution < -0.4 is 15.1 Å². The van der Waals surface area contributed by atoms with E-state index in [1.54, 1.807) is 0 Å². The number of rotatable bonds is 6. The van der Waals surface area contributed by atoms with E-state index in [-0.39, 0.29) is 16.5 Å². The molecule has 0 fully saturated rings. The number of allylic oxidation sites excluding steroid dienone is 2. The molecule has 16 nitrogen and oxygen atoms in total. The van der Waals surface area contributed by atoms with Crippen molar-refractivity contribution in [2.45, 2.75) is 37.6 Å². The predicted octanol–water partition coefficient (Wildman–Crippen LogP) is 2.17. The molecule has 0 saturated heterocycles. The molecule has 2 aliphatic heterocycles. The highest BCUT2D eigenvalue weighted by Gasteiger charge is 2.53. The number of benzene rings is 2. The van der Waals surface area contributed by atoms with Gasteiger partial charge in [0.15, 0.2) is 34.5 Å². The fourth-order valence-corrected chi connectivity index (χ4v) is 5.72. The number of aromatic hydroxyl groups is 3. The molecular formula is C30H22O16. The van der Waals surface area contributed by atoms with Gasteiger partial charge in [0, 0.05) is 17.2 Å². The van der Waals surface area contributed by atoms with Gasteiger partial charge in [0.25, 0.3) is 5.79 Å². The maximum absolute atomic E-state index is 13.0. The highest BCUT2D eigenvalue weighted by Crippen LogP contribution is 2.57. The highest BCUT2D eigenvalue weighted by molar-refractivity contribution is 6.26. The number of aliphatic carboxylic acids is 1. The fourth-order valence-electron chi connectivity index (χ4n) is 5.72. The minimum atomic E-state index is -1.99. The normalized spacial score (nSPS) is 19.3. The van der Waals surface area contributed by atoms with Gasteiger partial charge in [-0.1, -0.05) is 0 Å². The van der Waals surface area contributed by atoms with Gasteiger partial charge in [0.2, 0.25) is 11.5 Å². The third kappa shape index (κ3) is 4.53. The number of phenols is 3. The number of hydrogen-bond acceptors (Lipinski definition) is 15. The Bertz CT molecular complexity index is 2020. The number of ketones is 2. The molecule has 0 amide bonds. The second-order valence-electron chi connectivity index (χ2n) is 10.5. The number of hydrogen-bond donors (Lipinski definition) is 4. The van der Waals surface area contributed by atoms with Crippen LogP contribution in [0.5, 0.6) is 28.7 Å². The maximum atomic E-state index is 13.0. The first-order valence-electron chi connectivity index (χ1n) is 13.5. The second-order valence-corrected chi connectivity index (χ2v) is 10.5. The number of carboxylic acids is 1. The smallest absolute Gasteiger partial charge is 0.374 e. The van der Waals surface area contributed by atoms with Crippen molar-refractivity contribution < 1.29 is 72.5 Å². The summed E-state index contributed by atoms with van der Waals surface area (Å²) in [7, 11) is 2.19. The largest absolute Gasteiger partial charge is 0.507 e. The van der Waals surface area contributed by atoms with Crippen molar-refractivity contribution >= 4 is 40.2 Å². The van der Waals surface area contributed by atoms with Crippen LogP contribution in [0.4, 0.5) is 0 Å². The van der Waals surface area contributed by atoms with Gasteiger partial charge >= 0.3 is 23.5 Å². The molecule has 3 aliphatic rings. The fraction of sp³-hybridized carbons (Fsp3) is 0.267. The average molecular weight is 638 g/mol. The number of fused-ring (bicyclic) bond motifs is 4. The number of carbonyl (C=O) groups excluding carboxylic acids is 4. The van der Waals surface area contributed by atoms with Crippen LogP contribution in [0.15, 0.2) is 33.2 Å². The van der Waals surface area contributed by atoms with E-state index in [4.69, 9.17) is 28.5 Å². The van der Waals surface area contributed by atoms with Gasteiger partial charge in [-0.05, 0) is 17.5 Å². The zero-order chi connectivity index (χ0) is 33.2. The zero-order valence-corrected chi connectivity index (χ0v) is 23.8. The lowest BCUT2D eigenvalue weighted by atomic mass is 9.87. The van der Waals surface area contributed by atoms with E-state index < -0.39 is 129 Å². The molecular weight excluding hydrogens is 616 g/mol.